The lowest BCUT2D eigenvalue weighted by molar-refractivity contribution is -0.274. The molecule has 0 fully saturated rings. The number of ether oxygens (including phenoxy) is 2. The number of rotatable bonds is 5. The molecule has 24 heavy (non-hydrogen) atoms. The second kappa shape index (κ2) is 8.12. The summed E-state index contributed by atoms with van der Waals surface area (Å²) < 4.78 is 45.5. The zero-order chi connectivity index (χ0) is 17.0. The minimum Gasteiger partial charge on any atom is -0.504 e. The summed E-state index contributed by atoms with van der Waals surface area (Å²) in [4.78, 5) is 0. The predicted molar refractivity (Wildman–Crippen MR) is 85.7 cm³/mol. The fraction of sp³-hybridized carbons (Fsp3) is 0.250. The van der Waals surface area contributed by atoms with Gasteiger partial charge < -0.3 is 20.3 Å². The van der Waals surface area contributed by atoms with Crippen molar-refractivity contribution in [3.8, 4) is 17.2 Å². The number of phenolic OH excluding ortho intramolecular Hbond substituents is 1. The number of hydrogen-bond donors (Lipinski definition) is 2. The average Bonchev–Trinajstić information content (AvgIpc) is 2.48. The Hall–Kier alpha value is -2.12. The van der Waals surface area contributed by atoms with Crippen molar-refractivity contribution < 1.29 is 27.8 Å². The third-order valence-electron chi connectivity index (χ3n) is 3.12. The van der Waals surface area contributed by atoms with E-state index in [1.807, 2.05) is 0 Å². The van der Waals surface area contributed by atoms with Crippen molar-refractivity contribution in [1.29, 1.82) is 0 Å². The zero-order valence-corrected chi connectivity index (χ0v) is 13.5. The minimum absolute atomic E-state index is 0. The molecule has 1 atom stereocenters. The molecule has 0 aromatic heterocycles. The second-order valence-electron chi connectivity index (χ2n) is 4.75. The molecule has 2 rings (SSSR count). The van der Waals surface area contributed by atoms with Gasteiger partial charge in [-0.2, -0.15) is 0 Å². The van der Waals surface area contributed by atoms with E-state index in [1.54, 1.807) is 19.1 Å². The SMILES string of the molecule is CCOc1cc([C@@H](N)c2ccc(OC(F)(F)F)cc2)ccc1O.Cl. The molecule has 0 aliphatic heterocycles. The van der Waals surface area contributed by atoms with E-state index in [1.165, 1.54) is 30.3 Å². The third-order valence-corrected chi connectivity index (χ3v) is 3.12. The van der Waals surface area contributed by atoms with Gasteiger partial charge in [0.25, 0.3) is 0 Å². The highest BCUT2D eigenvalue weighted by Gasteiger charge is 2.31. The van der Waals surface area contributed by atoms with Crippen molar-refractivity contribution in [2.75, 3.05) is 6.61 Å². The molecule has 0 spiro atoms. The minimum atomic E-state index is -4.73. The predicted octanol–water partition coefficient (Wildman–Crippen LogP) is 4.16. The van der Waals surface area contributed by atoms with E-state index in [2.05, 4.69) is 4.74 Å². The molecule has 0 unspecified atom stereocenters. The average molecular weight is 364 g/mol. The first kappa shape index (κ1) is 19.9. The molecule has 0 radical (unpaired) electrons. The van der Waals surface area contributed by atoms with Gasteiger partial charge in [-0.25, -0.2) is 0 Å². The molecular formula is C16H17ClF3NO3. The van der Waals surface area contributed by atoms with Gasteiger partial charge in [0.2, 0.25) is 0 Å². The molecule has 0 saturated heterocycles. The number of nitrogens with two attached hydrogens (primary N) is 1. The number of alkyl halides is 3. The highest BCUT2D eigenvalue weighted by Crippen LogP contribution is 2.31. The van der Waals surface area contributed by atoms with Crippen LogP contribution in [-0.2, 0) is 0 Å². The first-order chi connectivity index (χ1) is 10.8. The number of benzene rings is 2. The molecule has 4 nitrogen and oxygen atoms in total. The van der Waals surface area contributed by atoms with E-state index < -0.39 is 12.4 Å². The standard InChI is InChI=1S/C16H16F3NO3.ClH/c1-2-22-14-9-11(5-8-13(14)21)15(20)10-3-6-12(7-4-10)23-16(17,18)19;/h3-9,15,21H,2,20H2,1H3;1H/t15-;/m0./s1. The first-order valence-electron chi connectivity index (χ1n) is 6.87. The molecule has 0 aliphatic rings. The lowest BCUT2D eigenvalue weighted by Crippen LogP contribution is -2.17. The smallest absolute Gasteiger partial charge is 0.504 e. The lowest BCUT2D eigenvalue weighted by Gasteiger charge is -2.16. The summed E-state index contributed by atoms with van der Waals surface area (Å²) in [6.45, 7) is 2.17. The summed E-state index contributed by atoms with van der Waals surface area (Å²) in [5, 5.41) is 9.67. The van der Waals surface area contributed by atoms with Gasteiger partial charge in [-0.05, 0) is 42.3 Å². The lowest BCUT2D eigenvalue weighted by atomic mass is 9.99. The van der Waals surface area contributed by atoms with Gasteiger partial charge in [0.15, 0.2) is 11.5 Å². The van der Waals surface area contributed by atoms with Crippen LogP contribution in [0.2, 0.25) is 0 Å². The number of halogens is 4. The molecule has 0 heterocycles. The van der Waals surface area contributed by atoms with E-state index in [0.29, 0.717) is 23.5 Å². The van der Waals surface area contributed by atoms with Gasteiger partial charge in [-0.15, -0.1) is 25.6 Å². The molecule has 2 aromatic carbocycles. The molecule has 0 amide bonds. The number of hydrogen-bond acceptors (Lipinski definition) is 4. The second-order valence-corrected chi connectivity index (χ2v) is 4.75. The van der Waals surface area contributed by atoms with Crippen molar-refractivity contribution >= 4 is 12.4 Å². The highest BCUT2D eigenvalue weighted by atomic mass is 35.5. The molecule has 0 aliphatic carbocycles. The Balaban J connectivity index is 0.00000288. The largest absolute Gasteiger partial charge is 0.573 e. The van der Waals surface area contributed by atoms with E-state index in [-0.39, 0.29) is 23.9 Å². The fourth-order valence-electron chi connectivity index (χ4n) is 2.06. The van der Waals surface area contributed by atoms with Crippen LogP contribution in [0.15, 0.2) is 42.5 Å². The van der Waals surface area contributed by atoms with Gasteiger partial charge in [0.05, 0.1) is 12.6 Å². The van der Waals surface area contributed by atoms with Crippen LogP contribution in [0, 0.1) is 0 Å². The normalized spacial score (nSPS) is 12.2. The Labute approximate surface area is 143 Å². The third kappa shape index (κ3) is 5.21. The molecule has 8 heteroatoms. The summed E-state index contributed by atoms with van der Waals surface area (Å²) in [5.74, 6) is -0.0108. The van der Waals surface area contributed by atoms with Gasteiger partial charge in [-0.1, -0.05) is 18.2 Å². The van der Waals surface area contributed by atoms with Crippen molar-refractivity contribution in [2.24, 2.45) is 5.73 Å². The van der Waals surface area contributed by atoms with E-state index in [0.717, 1.165) is 0 Å². The van der Waals surface area contributed by atoms with Crippen LogP contribution in [0.3, 0.4) is 0 Å². The summed E-state index contributed by atoms with van der Waals surface area (Å²) in [6, 6.07) is 9.43. The Morgan fingerprint density at radius 1 is 1.08 bits per heavy atom. The van der Waals surface area contributed by atoms with Gasteiger partial charge in [-0.3, -0.25) is 0 Å². The quantitative estimate of drug-likeness (QED) is 0.837. The molecular weight excluding hydrogens is 347 g/mol. The number of aromatic hydroxyl groups is 1. The zero-order valence-electron chi connectivity index (χ0n) is 12.7. The molecule has 0 saturated carbocycles. The molecule has 2 aromatic rings. The van der Waals surface area contributed by atoms with Crippen LogP contribution < -0.4 is 15.2 Å². The Morgan fingerprint density at radius 3 is 2.21 bits per heavy atom. The van der Waals surface area contributed by atoms with Crippen LogP contribution in [0.25, 0.3) is 0 Å². The maximum absolute atomic E-state index is 12.1. The van der Waals surface area contributed by atoms with Crippen LogP contribution in [0.1, 0.15) is 24.1 Å². The fourth-order valence-corrected chi connectivity index (χ4v) is 2.06. The van der Waals surface area contributed by atoms with Crippen molar-refractivity contribution in [3.05, 3.63) is 53.6 Å². The molecule has 132 valence electrons. The van der Waals surface area contributed by atoms with Gasteiger partial charge in [0.1, 0.15) is 5.75 Å². The van der Waals surface area contributed by atoms with Crippen LogP contribution in [-0.4, -0.2) is 18.1 Å². The van der Waals surface area contributed by atoms with Crippen LogP contribution in [0.4, 0.5) is 13.2 Å². The van der Waals surface area contributed by atoms with Crippen molar-refractivity contribution in [3.63, 3.8) is 0 Å². The van der Waals surface area contributed by atoms with Crippen LogP contribution in [0.5, 0.6) is 17.2 Å². The first-order valence-corrected chi connectivity index (χ1v) is 6.87. The highest BCUT2D eigenvalue weighted by molar-refractivity contribution is 5.85. The van der Waals surface area contributed by atoms with Crippen molar-refractivity contribution in [1.82, 2.24) is 0 Å². The van der Waals surface area contributed by atoms with E-state index in [9.17, 15) is 18.3 Å². The molecule has 3 N–H and O–H groups in total. The topological polar surface area (TPSA) is 64.7 Å². The molecule has 0 bridgehead atoms. The van der Waals surface area contributed by atoms with E-state index in [4.69, 9.17) is 10.5 Å². The summed E-state index contributed by atoms with van der Waals surface area (Å²) in [6.07, 6.45) is -4.73. The van der Waals surface area contributed by atoms with Crippen LogP contribution >= 0.6 is 12.4 Å². The summed E-state index contributed by atoms with van der Waals surface area (Å²) in [7, 11) is 0. The van der Waals surface area contributed by atoms with E-state index >= 15 is 0 Å². The monoisotopic (exact) mass is 363 g/mol. The Bertz CT molecular complexity index is 663. The number of phenols is 1. The maximum Gasteiger partial charge on any atom is 0.573 e. The summed E-state index contributed by atoms with van der Waals surface area (Å²) >= 11 is 0. The Kier molecular flexibility index (Phi) is 6.74. The Morgan fingerprint density at radius 2 is 1.67 bits per heavy atom. The van der Waals surface area contributed by atoms with Gasteiger partial charge >= 0.3 is 6.36 Å². The van der Waals surface area contributed by atoms with Gasteiger partial charge in [0, 0.05) is 0 Å². The van der Waals surface area contributed by atoms with Crippen molar-refractivity contribution in [2.45, 2.75) is 19.3 Å². The summed E-state index contributed by atoms with van der Waals surface area (Å²) in [5.41, 5.74) is 7.38. The maximum atomic E-state index is 12.1.